The van der Waals surface area contributed by atoms with E-state index >= 15 is 0 Å². The number of nitrogens with one attached hydrogen (secondary N) is 3. The van der Waals surface area contributed by atoms with Crippen LogP contribution in [-0.2, 0) is 11.3 Å². The van der Waals surface area contributed by atoms with Gasteiger partial charge in [-0.2, -0.15) is 0 Å². The molecule has 1 aromatic carbocycles. The van der Waals surface area contributed by atoms with Crippen molar-refractivity contribution in [2.45, 2.75) is 65.6 Å². The van der Waals surface area contributed by atoms with Crippen LogP contribution >= 0.6 is 0 Å². The Labute approximate surface area is 156 Å². The van der Waals surface area contributed by atoms with E-state index in [0.29, 0.717) is 18.5 Å². The lowest BCUT2D eigenvalue weighted by Crippen LogP contribution is -2.43. The fourth-order valence-corrected chi connectivity index (χ4v) is 2.38. The highest BCUT2D eigenvalue weighted by atomic mass is 16.5. The number of rotatable bonds is 9. The Morgan fingerprint density at radius 1 is 1.31 bits per heavy atom. The van der Waals surface area contributed by atoms with Crippen LogP contribution in [0.3, 0.4) is 0 Å². The molecule has 1 unspecified atom stereocenters. The third-order valence-corrected chi connectivity index (χ3v) is 4.24. The number of amides is 1. The largest absolute Gasteiger partial charge is 0.490 e. The van der Waals surface area contributed by atoms with Gasteiger partial charge in [0.25, 0.3) is 0 Å². The molecule has 0 heterocycles. The standard InChI is InChI=1S/C20H32N4O2/c1-5-15(4)26-18-11-14(3)7-8-16(18)12-22-20(21-6-2)23-13-19(25)24-17-9-10-17/h7-8,11,15,17H,5-6,9-10,12-13H2,1-4H3,(H,24,25)(H2,21,22,23). The number of benzene rings is 1. The van der Waals surface area contributed by atoms with Crippen molar-refractivity contribution < 1.29 is 9.53 Å². The summed E-state index contributed by atoms with van der Waals surface area (Å²) >= 11 is 0. The fourth-order valence-electron chi connectivity index (χ4n) is 2.38. The van der Waals surface area contributed by atoms with Crippen molar-refractivity contribution in [2.24, 2.45) is 4.99 Å². The number of nitrogens with zero attached hydrogens (tertiary/aromatic N) is 1. The number of hydrogen-bond donors (Lipinski definition) is 3. The molecule has 0 aliphatic heterocycles. The van der Waals surface area contributed by atoms with Gasteiger partial charge in [0.1, 0.15) is 5.75 Å². The first-order valence-corrected chi connectivity index (χ1v) is 9.59. The molecule has 0 spiro atoms. The number of aryl methyl sites for hydroxylation is 1. The Morgan fingerprint density at radius 2 is 2.08 bits per heavy atom. The molecule has 1 aromatic rings. The van der Waals surface area contributed by atoms with Gasteiger partial charge in [-0.05, 0) is 51.7 Å². The second-order valence-electron chi connectivity index (χ2n) is 6.84. The van der Waals surface area contributed by atoms with E-state index in [2.05, 4.69) is 59.9 Å². The molecule has 1 amide bonds. The lowest BCUT2D eigenvalue weighted by molar-refractivity contribution is -0.120. The number of hydrogen-bond acceptors (Lipinski definition) is 3. The summed E-state index contributed by atoms with van der Waals surface area (Å²) in [7, 11) is 0. The van der Waals surface area contributed by atoms with Crippen LogP contribution in [0.15, 0.2) is 23.2 Å². The first-order chi connectivity index (χ1) is 12.5. The van der Waals surface area contributed by atoms with Crippen LogP contribution in [0.1, 0.15) is 51.2 Å². The molecule has 1 aliphatic carbocycles. The van der Waals surface area contributed by atoms with Gasteiger partial charge in [0, 0.05) is 18.2 Å². The van der Waals surface area contributed by atoms with Crippen molar-refractivity contribution in [2.75, 3.05) is 13.1 Å². The average Bonchev–Trinajstić information content (AvgIpc) is 3.42. The molecule has 1 aliphatic rings. The number of guanidine groups is 1. The molecule has 0 radical (unpaired) electrons. The summed E-state index contributed by atoms with van der Waals surface area (Å²) in [4.78, 5) is 16.5. The molecule has 0 bridgehead atoms. The molecule has 3 N–H and O–H groups in total. The highest BCUT2D eigenvalue weighted by Crippen LogP contribution is 2.23. The van der Waals surface area contributed by atoms with E-state index in [9.17, 15) is 4.79 Å². The van der Waals surface area contributed by atoms with E-state index in [1.807, 2.05) is 6.92 Å². The second kappa shape index (κ2) is 10.0. The molecule has 6 heteroatoms. The van der Waals surface area contributed by atoms with E-state index in [0.717, 1.165) is 42.7 Å². The molecule has 6 nitrogen and oxygen atoms in total. The van der Waals surface area contributed by atoms with Crippen molar-refractivity contribution in [3.63, 3.8) is 0 Å². The fraction of sp³-hybridized carbons (Fsp3) is 0.600. The third kappa shape index (κ3) is 6.94. The summed E-state index contributed by atoms with van der Waals surface area (Å²) in [6, 6.07) is 6.55. The first kappa shape index (κ1) is 20.1. The van der Waals surface area contributed by atoms with E-state index in [1.165, 1.54) is 0 Å². The van der Waals surface area contributed by atoms with Crippen LogP contribution in [-0.4, -0.2) is 37.1 Å². The predicted molar refractivity (Wildman–Crippen MR) is 106 cm³/mol. The van der Waals surface area contributed by atoms with Crippen LogP contribution in [0.5, 0.6) is 5.75 Å². The normalized spacial score (nSPS) is 15.3. The minimum Gasteiger partial charge on any atom is -0.490 e. The van der Waals surface area contributed by atoms with Gasteiger partial charge in [-0.25, -0.2) is 4.99 Å². The second-order valence-corrected chi connectivity index (χ2v) is 6.84. The van der Waals surface area contributed by atoms with Crippen LogP contribution in [0.25, 0.3) is 0 Å². The SMILES string of the molecule is CCNC(=NCc1ccc(C)cc1OC(C)CC)NCC(=O)NC1CC1. The number of carbonyl (C=O) groups excluding carboxylic acids is 1. The van der Waals surface area contributed by atoms with Gasteiger partial charge in [0.15, 0.2) is 5.96 Å². The summed E-state index contributed by atoms with van der Waals surface area (Å²) < 4.78 is 6.04. The van der Waals surface area contributed by atoms with Crippen molar-refractivity contribution in [3.05, 3.63) is 29.3 Å². The van der Waals surface area contributed by atoms with Crippen LogP contribution in [0, 0.1) is 6.92 Å². The van der Waals surface area contributed by atoms with Gasteiger partial charge in [-0.15, -0.1) is 0 Å². The predicted octanol–water partition coefficient (Wildman–Crippen LogP) is 2.51. The van der Waals surface area contributed by atoms with Crippen LogP contribution in [0.4, 0.5) is 0 Å². The highest BCUT2D eigenvalue weighted by molar-refractivity contribution is 5.86. The van der Waals surface area contributed by atoms with Gasteiger partial charge in [-0.1, -0.05) is 19.1 Å². The molecular formula is C20H32N4O2. The van der Waals surface area contributed by atoms with Crippen molar-refractivity contribution in [3.8, 4) is 5.75 Å². The minimum absolute atomic E-state index is 0.00855. The zero-order valence-corrected chi connectivity index (χ0v) is 16.4. The Kier molecular flexibility index (Phi) is 7.75. The zero-order chi connectivity index (χ0) is 18.9. The Balaban J connectivity index is 1.99. The molecule has 0 aromatic heterocycles. The maximum Gasteiger partial charge on any atom is 0.239 e. The van der Waals surface area contributed by atoms with Crippen LogP contribution in [0.2, 0.25) is 0 Å². The van der Waals surface area contributed by atoms with E-state index in [-0.39, 0.29) is 18.6 Å². The Hall–Kier alpha value is -2.24. The van der Waals surface area contributed by atoms with Gasteiger partial charge in [0.2, 0.25) is 5.91 Å². The molecule has 144 valence electrons. The van der Waals surface area contributed by atoms with Gasteiger partial charge in [-0.3, -0.25) is 4.79 Å². The smallest absolute Gasteiger partial charge is 0.239 e. The Bertz CT molecular complexity index is 626. The minimum atomic E-state index is 0.00855. The molecule has 1 fully saturated rings. The van der Waals surface area contributed by atoms with E-state index in [4.69, 9.17) is 4.74 Å². The monoisotopic (exact) mass is 360 g/mol. The number of aliphatic imine (C=N–C) groups is 1. The number of ether oxygens (including phenoxy) is 1. The maximum atomic E-state index is 11.8. The highest BCUT2D eigenvalue weighted by Gasteiger charge is 2.22. The van der Waals surface area contributed by atoms with Gasteiger partial charge >= 0.3 is 0 Å². The van der Waals surface area contributed by atoms with Gasteiger partial charge in [0.05, 0.1) is 19.2 Å². The summed E-state index contributed by atoms with van der Waals surface area (Å²) in [5.41, 5.74) is 2.20. The lowest BCUT2D eigenvalue weighted by Gasteiger charge is -2.17. The summed E-state index contributed by atoms with van der Waals surface area (Å²) in [5, 5.41) is 9.23. The van der Waals surface area contributed by atoms with Crippen molar-refractivity contribution in [1.29, 1.82) is 0 Å². The molecule has 26 heavy (non-hydrogen) atoms. The summed E-state index contributed by atoms with van der Waals surface area (Å²) in [6.45, 7) is 9.70. The van der Waals surface area contributed by atoms with Crippen LogP contribution < -0.4 is 20.7 Å². The lowest BCUT2D eigenvalue weighted by atomic mass is 10.1. The average molecular weight is 361 g/mol. The third-order valence-electron chi connectivity index (χ3n) is 4.24. The Morgan fingerprint density at radius 3 is 2.73 bits per heavy atom. The van der Waals surface area contributed by atoms with Gasteiger partial charge < -0.3 is 20.7 Å². The van der Waals surface area contributed by atoms with Crippen molar-refractivity contribution in [1.82, 2.24) is 16.0 Å². The molecule has 1 saturated carbocycles. The zero-order valence-electron chi connectivity index (χ0n) is 16.4. The molecular weight excluding hydrogens is 328 g/mol. The molecule has 1 atom stereocenters. The maximum absolute atomic E-state index is 11.8. The van der Waals surface area contributed by atoms with Crippen molar-refractivity contribution >= 4 is 11.9 Å². The molecule has 0 saturated heterocycles. The topological polar surface area (TPSA) is 74.8 Å². The van der Waals surface area contributed by atoms with E-state index < -0.39 is 0 Å². The summed E-state index contributed by atoms with van der Waals surface area (Å²) in [5.74, 6) is 1.52. The van der Waals surface area contributed by atoms with E-state index in [1.54, 1.807) is 0 Å². The first-order valence-electron chi connectivity index (χ1n) is 9.59. The quantitative estimate of drug-likeness (QED) is 0.467. The number of carbonyl (C=O) groups is 1. The molecule has 2 rings (SSSR count). The summed E-state index contributed by atoms with van der Waals surface area (Å²) in [6.07, 6.45) is 3.30.